The van der Waals surface area contributed by atoms with Crippen molar-refractivity contribution < 1.29 is 16.8 Å². The fourth-order valence-corrected chi connectivity index (χ4v) is 3.49. The Labute approximate surface area is 83.4 Å². The molecule has 6 heteroatoms. The van der Waals surface area contributed by atoms with Crippen LogP contribution in [0, 0.1) is 0 Å². The van der Waals surface area contributed by atoms with Gasteiger partial charge in [0, 0.05) is 12.5 Å². The fraction of sp³-hybridized carbons (Fsp3) is 0.250. The van der Waals surface area contributed by atoms with Gasteiger partial charge in [-0.15, -0.1) is 0 Å². The lowest BCUT2D eigenvalue weighted by atomic mass is 10.4. The van der Waals surface area contributed by atoms with Crippen molar-refractivity contribution in [2.24, 2.45) is 0 Å². The Morgan fingerprint density at radius 1 is 0.786 bits per heavy atom. The molecule has 1 aromatic rings. The minimum absolute atomic E-state index is 0.150. The largest absolute Gasteiger partial charge is 0.224 e. The number of hydrogen-bond acceptors (Lipinski definition) is 4. The first-order chi connectivity index (χ1) is 6.23. The second-order valence-electron chi connectivity index (χ2n) is 2.99. The van der Waals surface area contributed by atoms with Crippen molar-refractivity contribution in [3.8, 4) is 0 Å². The molecule has 0 atom stereocenters. The quantitative estimate of drug-likeness (QED) is 0.747. The third-order valence-corrected chi connectivity index (χ3v) is 4.09. The van der Waals surface area contributed by atoms with E-state index in [9.17, 15) is 16.8 Å². The van der Waals surface area contributed by atoms with Crippen LogP contribution in [0.4, 0.5) is 0 Å². The normalized spacial score (nSPS) is 12.7. The van der Waals surface area contributed by atoms with Gasteiger partial charge in [0.2, 0.25) is 0 Å². The summed E-state index contributed by atoms with van der Waals surface area (Å²) >= 11 is 0. The summed E-state index contributed by atoms with van der Waals surface area (Å²) in [6, 6.07) is 5.55. The molecule has 0 aliphatic carbocycles. The van der Waals surface area contributed by atoms with E-state index in [4.69, 9.17) is 0 Å². The molecule has 0 saturated carbocycles. The van der Waals surface area contributed by atoms with Crippen molar-refractivity contribution >= 4 is 19.7 Å². The molecule has 0 N–H and O–H groups in total. The molecule has 0 aromatic heterocycles. The Hall–Kier alpha value is -0.880. The maximum absolute atomic E-state index is 11.2. The van der Waals surface area contributed by atoms with Crippen LogP contribution in [0.2, 0.25) is 0 Å². The second kappa shape index (κ2) is 3.36. The highest BCUT2D eigenvalue weighted by Gasteiger charge is 2.19. The van der Waals surface area contributed by atoms with Gasteiger partial charge in [-0.1, -0.05) is 12.1 Å². The first kappa shape index (κ1) is 11.2. The molecular weight excluding hydrogens is 224 g/mol. The number of hydrogen-bond donors (Lipinski definition) is 0. The summed E-state index contributed by atoms with van der Waals surface area (Å²) in [5.74, 6) is 0. The molecule has 0 heterocycles. The summed E-state index contributed by atoms with van der Waals surface area (Å²) in [4.78, 5) is -0.301. The summed E-state index contributed by atoms with van der Waals surface area (Å²) in [6.07, 6.45) is 1.97. The molecule has 0 unspecified atom stereocenters. The van der Waals surface area contributed by atoms with Gasteiger partial charge in [0.1, 0.15) is 0 Å². The molecule has 4 nitrogen and oxygen atoms in total. The minimum atomic E-state index is -3.50. The molecule has 0 aliphatic heterocycles. The molecule has 0 bridgehead atoms. The second-order valence-corrected chi connectivity index (χ2v) is 6.96. The van der Waals surface area contributed by atoms with Gasteiger partial charge < -0.3 is 0 Å². The lowest BCUT2D eigenvalue weighted by molar-refractivity contribution is 0.589. The molecule has 0 saturated heterocycles. The van der Waals surface area contributed by atoms with E-state index in [1.807, 2.05) is 0 Å². The summed E-state index contributed by atoms with van der Waals surface area (Å²) in [7, 11) is -6.99. The van der Waals surface area contributed by atoms with Crippen LogP contribution in [0.25, 0.3) is 0 Å². The average Bonchev–Trinajstić information content (AvgIpc) is 2.01. The van der Waals surface area contributed by atoms with Gasteiger partial charge in [0.15, 0.2) is 19.7 Å². The van der Waals surface area contributed by atoms with Crippen LogP contribution >= 0.6 is 0 Å². The lowest BCUT2D eigenvalue weighted by Gasteiger charge is -2.04. The maximum atomic E-state index is 11.2. The topological polar surface area (TPSA) is 68.3 Å². The molecule has 0 radical (unpaired) electrons. The van der Waals surface area contributed by atoms with Crippen molar-refractivity contribution in [2.75, 3.05) is 12.5 Å². The maximum Gasteiger partial charge on any atom is 0.176 e. The van der Waals surface area contributed by atoms with Gasteiger partial charge in [-0.25, -0.2) is 16.8 Å². The van der Waals surface area contributed by atoms with Crippen LogP contribution in [0.1, 0.15) is 0 Å². The van der Waals surface area contributed by atoms with Gasteiger partial charge in [-0.3, -0.25) is 0 Å². The van der Waals surface area contributed by atoms with E-state index in [1.54, 1.807) is 0 Å². The van der Waals surface area contributed by atoms with Gasteiger partial charge in [-0.05, 0) is 12.1 Å². The Kier molecular flexibility index (Phi) is 2.69. The molecule has 1 rings (SSSR count). The lowest BCUT2D eigenvalue weighted by Crippen LogP contribution is -2.06. The van der Waals surface area contributed by atoms with Crippen molar-refractivity contribution in [3.05, 3.63) is 24.3 Å². The van der Waals surface area contributed by atoms with Crippen molar-refractivity contribution in [1.29, 1.82) is 0 Å². The number of sulfone groups is 2. The average molecular weight is 234 g/mol. The van der Waals surface area contributed by atoms with Crippen LogP contribution in [0.15, 0.2) is 34.1 Å². The van der Waals surface area contributed by atoms with Gasteiger partial charge >= 0.3 is 0 Å². The minimum Gasteiger partial charge on any atom is -0.224 e. The van der Waals surface area contributed by atoms with Gasteiger partial charge in [0.25, 0.3) is 0 Å². The highest BCUT2D eigenvalue weighted by Crippen LogP contribution is 2.19. The summed E-state index contributed by atoms with van der Waals surface area (Å²) in [6.45, 7) is 0. The predicted octanol–water partition coefficient (Wildman–Crippen LogP) is 0.494. The summed E-state index contributed by atoms with van der Waals surface area (Å²) < 4.78 is 44.9. The molecule has 0 spiro atoms. The van der Waals surface area contributed by atoms with Gasteiger partial charge in [0.05, 0.1) is 9.79 Å². The monoisotopic (exact) mass is 234 g/mol. The zero-order valence-electron chi connectivity index (χ0n) is 7.76. The highest BCUT2D eigenvalue weighted by atomic mass is 32.2. The van der Waals surface area contributed by atoms with Crippen LogP contribution in [-0.2, 0) is 19.7 Å². The zero-order chi connectivity index (χ0) is 11.0. The van der Waals surface area contributed by atoms with E-state index in [0.29, 0.717) is 0 Å². The third kappa shape index (κ3) is 2.33. The highest BCUT2D eigenvalue weighted by molar-refractivity contribution is 7.93. The number of rotatable bonds is 2. The first-order valence-electron chi connectivity index (χ1n) is 3.72. The van der Waals surface area contributed by atoms with Crippen molar-refractivity contribution in [3.63, 3.8) is 0 Å². The molecule has 0 amide bonds. The Morgan fingerprint density at radius 3 is 1.29 bits per heavy atom. The fourth-order valence-electron chi connectivity index (χ4n) is 1.06. The molecule has 1 aromatic carbocycles. The van der Waals surface area contributed by atoms with E-state index in [-0.39, 0.29) is 9.79 Å². The zero-order valence-corrected chi connectivity index (χ0v) is 9.39. The van der Waals surface area contributed by atoms with Gasteiger partial charge in [-0.2, -0.15) is 0 Å². The van der Waals surface area contributed by atoms with Crippen molar-refractivity contribution in [1.82, 2.24) is 0 Å². The molecule has 0 fully saturated rings. The molecule has 14 heavy (non-hydrogen) atoms. The van der Waals surface area contributed by atoms with E-state index < -0.39 is 19.7 Å². The van der Waals surface area contributed by atoms with Crippen LogP contribution < -0.4 is 0 Å². The third-order valence-electron chi connectivity index (χ3n) is 1.65. The van der Waals surface area contributed by atoms with E-state index in [2.05, 4.69) is 0 Å². The Balaban J connectivity index is 3.64. The summed E-state index contributed by atoms with van der Waals surface area (Å²) in [5, 5.41) is 0. The van der Waals surface area contributed by atoms with E-state index in [0.717, 1.165) is 12.5 Å². The van der Waals surface area contributed by atoms with E-state index in [1.165, 1.54) is 24.3 Å². The molecule has 78 valence electrons. The van der Waals surface area contributed by atoms with E-state index >= 15 is 0 Å². The van der Waals surface area contributed by atoms with Crippen LogP contribution in [0.3, 0.4) is 0 Å². The van der Waals surface area contributed by atoms with Crippen LogP contribution in [-0.4, -0.2) is 29.3 Å². The molecular formula is C8H10O4S2. The smallest absolute Gasteiger partial charge is 0.176 e. The van der Waals surface area contributed by atoms with Crippen molar-refractivity contribution in [2.45, 2.75) is 9.79 Å². The summed E-state index contributed by atoms with van der Waals surface area (Å²) in [5.41, 5.74) is 0. The SMILES string of the molecule is CS(=O)(=O)c1ccccc1S(C)(=O)=O. The van der Waals surface area contributed by atoms with Crippen LogP contribution in [0.5, 0.6) is 0 Å². The predicted molar refractivity (Wildman–Crippen MR) is 52.7 cm³/mol. The Morgan fingerprint density at radius 2 is 1.07 bits per heavy atom. The standard InChI is InChI=1S/C8H10O4S2/c1-13(9,10)7-5-3-4-6-8(7)14(2,11)12/h3-6H,1-2H3. The first-order valence-corrected chi connectivity index (χ1v) is 7.50. The number of benzene rings is 1. The molecule has 0 aliphatic rings. The Bertz CT molecular complexity index is 489.